The second-order valence-electron chi connectivity index (χ2n) is 11.1. The predicted octanol–water partition coefficient (Wildman–Crippen LogP) is 3.27. The summed E-state index contributed by atoms with van der Waals surface area (Å²) in [6.45, 7) is 7.85. The van der Waals surface area contributed by atoms with E-state index in [1.807, 2.05) is 76.2 Å². The van der Waals surface area contributed by atoms with Gasteiger partial charge in [-0.1, -0.05) is 55.5 Å². The van der Waals surface area contributed by atoms with Gasteiger partial charge in [0.15, 0.2) is 0 Å². The van der Waals surface area contributed by atoms with Crippen LogP contribution in [0.5, 0.6) is 0 Å². The summed E-state index contributed by atoms with van der Waals surface area (Å²) in [5, 5.41) is 16.6. The van der Waals surface area contributed by atoms with E-state index in [9.17, 15) is 19.5 Å². The number of likely N-dealkylation sites (tertiary alicyclic amines) is 1. The second kappa shape index (κ2) is 9.82. The van der Waals surface area contributed by atoms with Crippen molar-refractivity contribution >= 4 is 23.4 Å². The maximum Gasteiger partial charge on any atom is 0.250 e. The Bertz CT molecular complexity index is 1230. The molecule has 38 heavy (non-hydrogen) atoms. The predicted molar refractivity (Wildman–Crippen MR) is 143 cm³/mol. The Kier molecular flexibility index (Phi) is 6.82. The minimum atomic E-state index is -1.16. The van der Waals surface area contributed by atoms with Gasteiger partial charge in [-0.2, -0.15) is 0 Å². The fourth-order valence-corrected chi connectivity index (χ4v) is 6.99. The molecule has 0 radical (unpaired) electrons. The van der Waals surface area contributed by atoms with Gasteiger partial charge in [0.2, 0.25) is 17.7 Å². The number of hydrogen-bond donors (Lipinski definition) is 3. The number of carbonyl (C=O) groups excluding carboxylic acids is 3. The first kappa shape index (κ1) is 26.4. The second-order valence-corrected chi connectivity index (χ2v) is 11.1. The Labute approximate surface area is 223 Å². The first-order valence-electron chi connectivity index (χ1n) is 13.5. The summed E-state index contributed by atoms with van der Waals surface area (Å²) in [6.07, 6.45) is 1.82. The van der Waals surface area contributed by atoms with Gasteiger partial charge in [0.25, 0.3) is 0 Å². The third-order valence-electron chi connectivity index (χ3n) is 8.72. The minimum absolute atomic E-state index is 0.217. The number of nitrogens with zero attached hydrogens (tertiary/aromatic N) is 1. The molecule has 6 atom stereocenters. The maximum absolute atomic E-state index is 14.4. The highest BCUT2D eigenvalue weighted by Crippen LogP contribution is 2.64. The van der Waals surface area contributed by atoms with Gasteiger partial charge in [0, 0.05) is 12.2 Å². The molecule has 3 heterocycles. The number of rotatable bonds is 8. The Balaban J connectivity index is 1.61. The molecule has 5 rings (SSSR count). The van der Waals surface area contributed by atoms with E-state index in [0.717, 1.165) is 23.1 Å². The topological polar surface area (TPSA) is 108 Å². The van der Waals surface area contributed by atoms with Crippen LogP contribution in [0, 0.1) is 25.7 Å². The third-order valence-corrected chi connectivity index (χ3v) is 8.72. The zero-order valence-corrected chi connectivity index (χ0v) is 22.5. The number of ether oxygens (including phenoxy) is 1. The van der Waals surface area contributed by atoms with Crippen molar-refractivity contribution in [3.63, 3.8) is 0 Å². The molecule has 3 fully saturated rings. The van der Waals surface area contributed by atoms with Crippen molar-refractivity contribution < 1.29 is 24.2 Å². The average Bonchev–Trinajstić information content (AvgIpc) is 3.47. The SMILES string of the molecule is CCCNC(=O)[C@H]1[C@H]2C(=O)N([C@H](CO)c3ccccc3)C(C(=O)Nc3c(C)cccc3C)C23CC[C@]1(C)O3. The van der Waals surface area contributed by atoms with Crippen molar-refractivity contribution in [1.82, 2.24) is 10.2 Å². The molecule has 3 amide bonds. The number of para-hydroxylation sites is 1. The van der Waals surface area contributed by atoms with Crippen LogP contribution in [-0.2, 0) is 19.1 Å². The summed E-state index contributed by atoms with van der Waals surface area (Å²) in [5.41, 5.74) is 1.22. The molecule has 1 spiro atoms. The molecule has 0 aliphatic carbocycles. The van der Waals surface area contributed by atoms with Gasteiger partial charge < -0.3 is 25.4 Å². The molecule has 2 unspecified atom stereocenters. The maximum atomic E-state index is 14.4. The van der Waals surface area contributed by atoms with Gasteiger partial charge in [-0.15, -0.1) is 0 Å². The number of aliphatic hydroxyl groups is 1. The van der Waals surface area contributed by atoms with Crippen molar-refractivity contribution in [2.45, 2.75) is 70.2 Å². The molecule has 3 aliphatic heterocycles. The standard InChI is InChI=1S/C30H37N3O5/c1-5-16-31-26(35)22-23-28(37)33(21(17-34)20-12-7-6-8-13-20)25(30(23)15-14-29(22,4)38-30)27(36)32-24-18(2)10-9-11-19(24)3/h6-13,21-23,25,34H,5,14-17H2,1-4H3,(H,31,35)(H,32,36)/t21-,22-,23+,25?,29+,30?/m1/s1. The minimum Gasteiger partial charge on any atom is -0.394 e. The molecule has 2 aromatic carbocycles. The summed E-state index contributed by atoms with van der Waals surface area (Å²) >= 11 is 0. The first-order valence-corrected chi connectivity index (χ1v) is 13.5. The van der Waals surface area contributed by atoms with E-state index in [1.165, 1.54) is 4.90 Å². The van der Waals surface area contributed by atoms with E-state index < -0.39 is 35.1 Å². The number of fused-ring (bicyclic) bond motifs is 1. The van der Waals surface area contributed by atoms with Crippen molar-refractivity contribution in [3.05, 3.63) is 65.2 Å². The number of anilines is 1. The number of nitrogens with one attached hydrogen (secondary N) is 2. The van der Waals surface area contributed by atoms with Gasteiger partial charge in [0.05, 0.1) is 30.1 Å². The molecule has 8 nitrogen and oxygen atoms in total. The van der Waals surface area contributed by atoms with Crippen LogP contribution in [0.4, 0.5) is 5.69 Å². The van der Waals surface area contributed by atoms with Crippen molar-refractivity contribution in [2.75, 3.05) is 18.5 Å². The van der Waals surface area contributed by atoms with Crippen LogP contribution in [0.2, 0.25) is 0 Å². The largest absolute Gasteiger partial charge is 0.394 e. The van der Waals surface area contributed by atoms with Crippen molar-refractivity contribution in [1.29, 1.82) is 0 Å². The average molecular weight is 520 g/mol. The molecule has 202 valence electrons. The molecule has 2 aromatic rings. The number of aliphatic hydroxyl groups excluding tert-OH is 1. The molecule has 3 N–H and O–H groups in total. The van der Waals surface area contributed by atoms with Gasteiger partial charge in [-0.3, -0.25) is 14.4 Å². The van der Waals surface area contributed by atoms with E-state index in [4.69, 9.17) is 4.74 Å². The van der Waals surface area contributed by atoms with Crippen LogP contribution < -0.4 is 10.6 Å². The lowest BCUT2D eigenvalue weighted by atomic mass is 9.66. The highest BCUT2D eigenvalue weighted by Gasteiger charge is 2.78. The summed E-state index contributed by atoms with van der Waals surface area (Å²) in [4.78, 5) is 43.5. The van der Waals surface area contributed by atoms with Crippen LogP contribution in [0.1, 0.15) is 55.8 Å². The quantitative estimate of drug-likeness (QED) is 0.496. The van der Waals surface area contributed by atoms with Gasteiger partial charge >= 0.3 is 0 Å². The number of hydrogen-bond acceptors (Lipinski definition) is 5. The molecule has 3 saturated heterocycles. The highest BCUT2D eigenvalue weighted by atomic mass is 16.5. The molecular formula is C30H37N3O5. The van der Waals surface area contributed by atoms with E-state index >= 15 is 0 Å². The Morgan fingerprint density at radius 2 is 1.76 bits per heavy atom. The van der Waals surface area contributed by atoms with Gasteiger partial charge in [-0.05, 0) is 56.7 Å². The molecule has 8 heteroatoms. The normalized spacial score (nSPS) is 30.3. The monoisotopic (exact) mass is 519 g/mol. The van der Waals surface area contributed by atoms with E-state index in [-0.39, 0.29) is 24.3 Å². The number of benzene rings is 2. The molecule has 0 aromatic heterocycles. The Morgan fingerprint density at radius 1 is 1.08 bits per heavy atom. The zero-order chi connectivity index (χ0) is 27.2. The molecule has 2 bridgehead atoms. The smallest absolute Gasteiger partial charge is 0.250 e. The fourth-order valence-electron chi connectivity index (χ4n) is 6.99. The molecule has 3 aliphatic rings. The number of amides is 3. The zero-order valence-electron chi connectivity index (χ0n) is 22.5. The molecule has 0 saturated carbocycles. The molecular weight excluding hydrogens is 482 g/mol. The summed E-state index contributed by atoms with van der Waals surface area (Å²) in [6, 6.07) is 13.2. The Hall–Kier alpha value is -3.23. The van der Waals surface area contributed by atoms with Crippen molar-refractivity contribution in [2.24, 2.45) is 11.8 Å². The lowest BCUT2D eigenvalue weighted by molar-refractivity contribution is -0.148. The lowest BCUT2D eigenvalue weighted by Gasteiger charge is -2.37. The van der Waals surface area contributed by atoms with Gasteiger partial charge in [-0.25, -0.2) is 0 Å². The van der Waals surface area contributed by atoms with Crippen molar-refractivity contribution in [3.8, 4) is 0 Å². The number of carbonyl (C=O) groups is 3. The van der Waals surface area contributed by atoms with Crippen LogP contribution >= 0.6 is 0 Å². The summed E-state index contributed by atoms with van der Waals surface area (Å²) in [5.74, 6) is -2.44. The summed E-state index contributed by atoms with van der Waals surface area (Å²) < 4.78 is 6.68. The van der Waals surface area contributed by atoms with Crippen LogP contribution in [0.25, 0.3) is 0 Å². The van der Waals surface area contributed by atoms with Gasteiger partial charge in [0.1, 0.15) is 11.6 Å². The number of aryl methyl sites for hydroxylation is 2. The van der Waals surface area contributed by atoms with E-state index in [1.54, 1.807) is 0 Å². The Morgan fingerprint density at radius 3 is 2.39 bits per heavy atom. The fraction of sp³-hybridized carbons (Fsp3) is 0.500. The van der Waals surface area contributed by atoms with E-state index in [0.29, 0.717) is 25.1 Å². The lowest BCUT2D eigenvalue weighted by Crippen LogP contribution is -2.54. The van der Waals surface area contributed by atoms with Crippen LogP contribution in [0.15, 0.2) is 48.5 Å². The summed E-state index contributed by atoms with van der Waals surface area (Å²) in [7, 11) is 0. The van der Waals surface area contributed by atoms with E-state index in [2.05, 4.69) is 10.6 Å². The highest BCUT2D eigenvalue weighted by molar-refractivity contribution is 6.04. The first-order chi connectivity index (χ1) is 18.2. The third kappa shape index (κ3) is 3.93. The van der Waals surface area contributed by atoms with Crippen LogP contribution in [0.3, 0.4) is 0 Å². The van der Waals surface area contributed by atoms with Crippen LogP contribution in [-0.4, -0.2) is 58.1 Å².